The van der Waals surface area contributed by atoms with Crippen LogP contribution in [0, 0.1) is 5.92 Å². The molecule has 0 aliphatic rings. The Hall–Kier alpha value is -1.08. The van der Waals surface area contributed by atoms with Gasteiger partial charge in [-0.2, -0.15) is 0 Å². The Morgan fingerprint density at radius 3 is 1.05 bits per heavy atom. The lowest BCUT2D eigenvalue weighted by Gasteiger charge is -2.17. The van der Waals surface area contributed by atoms with E-state index in [4.69, 9.17) is 0 Å². The molecule has 0 aromatic rings. The van der Waals surface area contributed by atoms with E-state index >= 15 is 0 Å². The van der Waals surface area contributed by atoms with Gasteiger partial charge in [0.25, 0.3) is 0 Å². The van der Waals surface area contributed by atoms with Crippen molar-refractivity contribution in [3.05, 3.63) is 48.6 Å². The van der Waals surface area contributed by atoms with Crippen molar-refractivity contribution in [2.24, 2.45) is 5.92 Å². The first-order valence-electron chi connectivity index (χ1n) is 20.1. The van der Waals surface area contributed by atoms with Gasteiger partial charge in [0.15, 0.2) is 0 Å². The minimum Gasteiger partial charge on any atom is -0.320 e. The minimum absolute atomic E-state index is 0.987. The van der Waals surface area contributed by atoms with Crippen LogP contribution < -0.4 is 5.32 Å². The van der Waals surface area contributed by atoms with E-state index in [0.717, 1.165) is 18.8 Å². The Bertz CT molecular complexity index is 579. The number of allylic oxidation sites excluding steroid dienone is 8. The first-order chi connectivity index (χ1) is 21.8. The summed E-state index contributed by atoms with van der Waals surface area (Å²) in [7, 11) is 2.08. The molecule has 0 aromatic carbocycles. The highest BCUT2D eigenvalue weighted by molar-refractivity contribution is 4.93. The van der Waals surface area contributed by atoms with Gasteiger partial charge in [-0.3, -0.25) is 0 Å². The summed E-state index contributed by atoms with van der Waals surface area (Å²) in [5, 5.41) is 3.31. The van der Waals surface area contributed by atoms with Gasteiger partial charge in [-0.1, -0.05) is 184 Å². The molecule has 0 heterocycles. The Morgan fingerprint density at radius 1 is 0.364 bits per heavy atom. The van der Waals surface area contributed by atoms with E-state index in [-0.39, 0.29) is 0 Å². The van der Waals surface area contributed by atoms with Gasteiger partial charge < -0.3 is 5.32 Å². The zero-order valence-corrected chi connectivity index (χ0v) is 30.6. The van der Waals surface area contributed by atoms with Crippen LogP contribution in [0.1, 0.15) is 206 Å². The predicted molar refractivity (Wildman–Crippen MR) is 204 cm³/mol. The van der Waals surface area contributed by atoms with Crippen LogP contribution in [0.15, 0.2) is 48.6 Å². The highest BCUT2D eigenvalue weighted by atomic mass is 14.8. The van der Waals surface area contributed by atoms with Gasteiger partial charge in [-0.05, 0) is 90.1 Å². The number of nitrogens with one attached hydrogen (secondary N) is 1. The zero-order valence-electron chi connectivity index (χ0n) is 30.6. The minimum atomic E-state index is 0.987. The van der Waals surface area contributed by atoms with E-state index in [9.17, 15) is 0 Å². The number of hydrogen-bond donors (Lipinski definition) is 1. The van der Waals surface area contributed by atoms with E-state index in [2.05, 4.69) is 74.8 Å². The second-order valence-electron chi connectivity index (χ2n) is 13.6. The molecule has 0 bridgehead atoms. The summed E-state index contributed by atoms with van der Waals surface area (Å²) in [6, 6.07) is 0. The molecule has 1 heteroatoms. The van der Waals surface area contributed by atoms with Crippen molar-refractivity contribution in [1.29, 1.82) is 0 Å². The van der Waals surface area contributed by atoms with Crippen LogP contribution in [0.2, 0.25) is 0 Å². The van der Waals surface area contributed by atoms with Gasteiger partial charge in [-0.25, -0.2) is 0 Å². The van der Waals surface area contributed by atoms with Gasteiger partial charge in [0.1, 0.15) is 0 Å². The van der Waals surface area contributed by atoms with Crippen molar-refractivity contribution in [3.8, 4) is 0 Å². The van der Waals surface area contributed by atoms with Crippen molar-refractivity contribution < 1.29 is 0 Å². The van der Waals surface area contributed by atoms with Gasteiger partial charge in [-0.15, -0.1) is 0 Å². The van der Waals surface area contributed by atoms with Crippen molar-refractivity contribution in [3.63, 3.8) is 0 Å². The molecule has 0 rings (SSSR count). The SMILES string of the molecule is CCCCC/C=C\C/C=C\CCCCCCCCC(CCCCCCCC/C=C\C/C=C\CCCCC)CCCCCNC. The summed E-state index contributed by atoms with van der Waals surface area (Å²) in [5.74, 6) is 0.987. The molecule has 0 aromatic heterocycles. The monoisotopic (exact) mass is 612 g/mol. The van der Waals surface area contributed by atoms with Gasteiger partial charge in [0.2, 0.25) is 0 Å². The van der Waals surface area contributed by atoms with E-state index in [1.807, 2.05) is 0 Å². The summed E-state index contributed by atoms with van der Waals surface area (Å²) in [6.07, 6.45) is 60.2. The first-order valence-corrected chi connectivity index (χ1v) is 20.1. The highest BCUT2D eigenvalue weighted by Crippen LogP contribution is 2.24. The van der Waals surface area contributed by atoms with Crippen LogP contribution >= 0.6 is 0 Å². The summed E-state index contributed by atoms with van der Waals surface area (Å²) in [6.45, 7) is 5.74. The second-order valence-corrected chi connectivity index (χ2v) is 13.6. The fourth-order valence-electron chi connectivity index (χ4n) is 6.19. The standard InChI is InChI=1S/C43H81N/c1-4-6-8-10-12-14-16-18-20-22-24-26-28-30-32-35-39-43(41-37-34-38-42-44-3)40-36-33-31-29-27-25-23-21-19-17-15-13-11-9-7-5-2/h12-15,18-21,43-44H,4-11,16-17,22-42H2,1-3H3/b14-12-,15-13-,20-18-,21-19-. The molecule has 1 nitrogen and oxygen atoms in total. The van der Waals surface area contributed by atoms with Crippen molar-refractivity contribution in [2.45, 2.75) is 206 Å². The molecule has 0 aliphatic carbocycles. The lowest BCUT2D eigenvalue weighted by atomic mass is 9.89. The lowest BCUT2D eigenvalue weighted by molar-refractivity contribution is 0.366. The maximum atomic E-state index is 3.31. The maximum Gasteiger partial charge on any atom is -0.00519 e. The molecule has 0 aliphatic heterocycles. The largest absolute Gasteiger partial charge is 0.320 e. The first kappa shape index (κ1) is 42.9. The average molecular weight is 612 g/mol. The van der Waals surface area contributed by atoms with Crippen LogP contribution in [0.25, 0.3) is 0 Å². The average Bonchev–Trinajstić information content (AvgIpc) is 3.03. The Morgan fingerprint density at radius 2 is 0.682 bits per heavy atom. The second kappa shape index (κ2) is 39.9. The molecule has 0 radical (unpaired) electrons. The molecule has 0 amide bonds. The van der Waals surface area contributed by atoms with Gasteiger partial charge in [0.05, 0.1) is 0 Å². The molecule has 0 saturated heterocycles. The normalized spacial score (nSPS) is 12.5. The third-order valence-corrected chi connectivity index (χ3v) is 9.17. The van der Waals surface area contributed by atoms with E-state index in [1.165, 1.54) is 186 Å². The number of unbranched alkanes of at least 4 members (excludes halogenated alkanes) is 20. The molecule has 0 saturated carbocycles. The maximum absolute atomic E-state index is 3.31. The van der Waals surface area contributed by atoms with Crippen LogP contribution in [-0.4, -0.2) is 13.6 Å². The number of hydrogen-bond acceptors (Lipinski definition) is 1. The zero-order chi connectivity index (χ0) is 31.9. The summed E-state index contributed by atoms with van der Waals surface area (Å²) < 4.78 is 0. The predicted octanol–water partition coefficient (Wildman–Crippen LogP) is 14.8. The molecular formula is C43H81N. The van der Waals surface area contributed by atoms with Crippen LogP contribution in [0.3, 0.4) is 0 Å². The molecular weight excluding hydrogens is 530 g/mol. The molecule has 0 atom stereocenters. The molecule has 258 valence electrons. The summed E-state index contributed by atoms with van der Waals surface area (Å²) >= 11 is 0. The molecule has 0 spiro atoms. The van der Waals surface area contributed by atoms with E-state index in [1.54, 1.807) is 0 Å². The molecule has 0 fully saturated rings. The fourth-order valence-corrected chi connectivity index (χ4v) is 6.19. The van der Waals surface area contributed by atoms with E-state index in [0.29, 0.717) is 0 Å². The number of rotatable bonds is 36. The van der Waals surface area contributed by atoms with Gasteiger partial charge in [0, 0.05) is 0 Å². The van der Waals surface area contributed by atoms with Crippen LogP contribution in [0.5, 0.6) is 0 Å². The molecule has 1 N–H and O–H groups in total. The van der Waals surface area contributed by atoms with Crippen molar-refractivity contribution >= 4 is 0 Å². The topological polar surface area (TPSA) is 12.0 Å². The molecule has 44 heavy (non-hydrogen) atoms. The Kier molecular flexibility index (Phi) is 39.0. The smallest absolute Gasteiger partial charge is 0.00519 e. The van der Waals surface area contributed by atoms with E-state index < -0.39 is 0 Å². The fraction of sp³-hybridized carbons (Fsp3) is 0.814. The Balaban J connectivity index is 3.82. The molecule has 0 unspecified atom stereocenters. The summed E-state index contributed by atoms with van der Waals surface area (Å²) in [4.78, 5) is 0. The lowest BCUT2D eigenvalue weighted by Crippen LogP contribution is -2.07. The highest BCUT2D eigenvalue weighted by Gasteiger charge is 2.08. The van der Waals surface area contributed by atoms with Crippen LogP contribution in [0.4, 0.5) is 0 Å². The summed E-state index contributed by atoms with van der Waals surface area (Å²) in [5.41, 5.74) is 0. The van der Waals surface area contributed by atoms with Crippen molar-refractivity contribution in [1.82, 2.24) is 5.32 Å². The van der Waals surface area contributed by atoms with Crippen molar-refractivity contribution in [2.75, 3.05) is 13.6 Å². The quantitative estimate of drug-likeness (QED) is 0.0549. The Labute approximate surface area is 279 Å². The van der Waals surface area contributed by atoms with Crippen LogP contribution in [-0.2, 0) is 0 Å². The van der Waals surface area contributed by atoms with Gasteiger partial charge >= 0.3 is 0 Å². The third-order valence-electron chi connectivity index (χ3n) is 9.17. The third kappa shape index (κ3) is 37.1.